The highest BCUT2D eigenvalue weighted by molar-refractivity contribution is 7.99. The smallest absolute Gasteiger partial charge is 0.387 e. The van der Waals surface area contributed by atoms with Crippen LogP contribution in [0.1, 0.15) is 6.23 Å². The molecule has 6 N–H and O–H groups in total. The summed E-state index contributed by atoms with van der Waals surface area (Å²) in [5.74, 6) is 0. The van der Waals surface area contributed by atoms with E-state index in [1.807, 2.05) is 36.4 Å². The molecule has 2 heterocycles. The number of aliphatic hydroxyl groups is 2. The van der Waals surface area contributed by atoms with Crippen LogP contribution in [0, 0.1) is 0 Å². The van der Waals surface area contributed by atoms with Crippen molar-refractivity contribution in [2.45, 2.75) is 34.3 Å². The average molecular weight is 656 g/mol. The van der Waals surface area contributed by atoms with Crippen LogP contribution in [0.5, 0.6) is 0 Å². The molecule has 1 saturated heterocycles. The third-order valence-electron chi connectivity index (χ3n) is 5.54. The summed E-state index contributed by atoms with van der Waals surface area (Å²) in [6, 6.07) is 12.9. The summed E-state index contributed by atoms with van der Waals surface area (Å²) in [5.41, 5.74) is -1.73. The van der Waals surface area contributed by atoms with Crippen molar-refractivity contribution in [2.24, 2.45) is 0 Å². The van der Waals surface area contributed by atoms with Gasteiger partial charge in [-0.3, -0.25) is 23.4 Å². The fourth-order valence-electron chi connectivity index (χ4n) is 3.68. The van der Waals surface area contributed by atoms with Crippen molar-refractivity contribution >= 4 is 46.0 Å². The lowest BCUT2D eigenvalue weighted by molar-refractivity contribution is -0.0545. The van der Waals surface area contributed by atoms with Gasteiger partial charge in [-0.2, -0.15) is 8.62 Å². The predicted octanol–water partition coefficient (Wildman–Crippen LogP) is 1.46. The molecule has 0 radical (unpaired) electrons. The summed E-state index contributed by atoms with van der Waals surface area (Å²) in [6.07, 6.45) is -5.73. The minimum atomic E-state index is -5.67. The van der Waals surface area contributed by atoms with Gasteiger partial charge >= 0.3 is 29.2 Å². The summed E-state index contributed by atoms with van der Waals surface area (Å²) in [4.78, 5) is 56.1. The first-order valence-electron chi connectivity index (χ1n) is 11.2. The Morgan fingerprint density at radius 2 is 1.61 bits per heavy atom. The summed E-state index contributed by atoms with van der Waals surface area (Å²) in [6.45, 7) is -1.04. The number of benzene rings is 2. The quantitative estimate of drug-likeness (QED) is 0.160. The zero-order valence-electron chi connectivity index (χ0n) is 20.7. The van der Waals surface area contributed by atoms with Gasteiger partial charge in [0.05, 0.1) is 11.5 Å². The fourth-order valence-corrected chi connectivity index (χ4v) is 7.83. The SMILES string of the molecule is COP(=O)(O)OP(=O)(O)OP(=O)(O)OC[C@H]1O[C@@H](n2cc(Sc3ccc4ccccc4c3)c(=O)[nH]c2=O)[C@H](O)[C@@H]1O. The Balaban J connectivity index is 1.48. The van der Waals surface area contributed by atoms with Crippen LogP contribution < -0.4 is 11.2 Å². The number of ether oxygens (including phenoxy) is 1. The molecule has 3 unspecified atom stereocenters. The van der Waals surface area contributed by atoms with E-state index in [2.05, 4.69) is 22.7 Å². The Hall–Kier alpha value is -1.98. The summed E-state index contributed by atoms with van der Waals surface area (Å²) in [5, 5.41) is 22.8. The molecule has 2 aromatic carbocycles. The number of aromatic amines is 1. The van der Waals surface area contributed by atoms with E-state index in [1.54, 1.807) is 6.07 Å². The molecule has 0 amide bonds. The molecular weight excluding hydrogens is 633 g/mol. The number of hydrogen-bond acceptors (Lipinski definition) is 13. The van der Waals surface area contributed by atoms with Gasteiger partial charge in [-0.1, -0.05) is 42.1 Å². The molecule has 1 fully saturated rings. The van der Waals surface area contributed by atoms with Gasteiger partial charge in [0.1, 0.15) is 18.3 Å². The maximum absolute atomic E-state index is 12.5. The lowest BCUT2D eigenvalue weighted by Gasteiger charge is -2.19. The van der Waals surface area contributed by atoms with E-state index < -0.39 is 65.9 Å². The number of aliphatic hydroxyl groups excluding tert-OH is 2. The molecule has 1 aliphatic rings. The van der Waals surface area contributed by atoms with Crippen molar-refractivity contribution in [3.8, 4) is 0 Å². The zero-order chi connectivity index (χ0) is 30.2. The van der Waals surface area contributed by atoms with E-state index in [-0.39, 0.29) is 4.90 Å². The van der Waals surface area contributed by atoms with E-state index in [0.29, 0.717) is 12.0 Å². The van der Waals surface area contributed by atoms with Crippen molar-refractivity contribution < 1.29 is 61.0 Å². The van der Waals surface area contributed by atoms with Gasteiger partial charge in [0, 0.05) is 18.2 Å². The van der Waals surface area contributed by atoms with Crippen LogP contribution in [0.15, 0.2) is 68.0 Å². The third-order valence-corrected chi connectivity index (χ3v) is 10.8. The van der Waals surface area contributed by atoms with Gasteiger partial charge in [0.2, 0.25) is 0 Å². The highest BCUT2D eigenvalue weighted by Crippen LogP contribution is 2.67. The van der Waals surface area contributed by atoms with Gasteiger partial charge in [-0.25, -0.2) is 18.5 Å². The number of hydrogen-bond donors (Lipinski definition) is 6. The first kappa shape index (κ1) is 31.9. The summed E-state index contributed by atoms with van der Waals surface area (Å²) >= 11 is 1.01. The second-order valence-corrected chi connectivity index (χ2v) is 14.2. The third kappa shape index (κ3) is 7.90. The van der Waals surface area contributed by atoms with Gasteiger partial charge in [0.25, 0.3) is 5.56 Å². The first-order valence-corrected chi connectivity index (χ1v) is 16.5. The van der Waals surface area contributed by atoms with E-state index in [0.717, 1.165) is 33.3 Å². The molecule has 0 aliphatic carbocycles. The molecular formula is C20H23N2O15P3S. The molecule has 1 aliphatic heterocycles. The Bertz CT molecular complexity index is 1700. The van der Waals surface area contributed by atoms with E-state index >= 15 is 0 Å². The van der Waals surface area contributed by atoms with Crippen LogP contribution in [0.25, 0.3) is 10.8 Å². The molecule has 17 nitrogen and oxygen atoms in total. The van der Waals surface area contributed by atoms with Crippen molar-refractivity contribution in [2.75, 3.05) is 13.7 Å². The molecule has 3 aromatic rings. The Morgan fingerprint density at radius 3 is 2.29 bits per heavy atom. The number of phosphoric acid groups is 3. The number of fused-ring (bicyclic) bond motifs is 1. The van der Waals surface area contributed by atoms with E-state index in [9.17, 15) is 43.3 Å². The van der Waals surface area contributed by atoms with Crippen molar-refractivity contribution in [3.63, 3.8) is 0 Å². The first-order chi connectivity index (χ1) is 19.1. The number of nitrogens with zero attached hydrogens (tertiary/aromatic N) is 1. The van der Waals surface area contributed by atoms with Crippen molar-refractivity contribution in [1.82, 2.24) is 9.55 Å². The number of phosphoric ester groups is 2. The fraction of sp³-hybridized carbons (Fsp3) is 0.300. The molecule has 0 saturated carbocycles. The molecule has 0 bridgehead atoms. The Kier molecular flexibility index (Phi) is 9.60. The Morgan fingerprint density at radius 1 is 0.951 bits per heavy atom. The summed E-state index contributed by atoms with van der Waals surface area (Å²) < 4.78 is 57.4. The standard InChI is InChI=1S/C20H23N2O15P3S/c1-33-38(27,28)36-40(31,32)37-39(29,30)34-10-14-16(23)17(24)19(35-14)22-9-15(18(25)21-20(22)26)41-13-7-6-11-4-2-3-5-12(11)8-13/h2-9,14,16-17,19,23-24H,10H2,1H3,(H,27,28)(H,29,30)(H,31,32)(H,21,25,26)/t14-,16-,17-,19-/m1/s1. The second-order valence-electron chi connectivity index (χ2n) is 8.36. The van der Waals surface area contributed by atoms with Crippen LogP contribution >= 0.6 is 35.2 Å². The molecule has 4 rings (SSSR count). The number of H-pyrrole nitrogens is 1. The topological polar surface area (TPSA) is 253 Å². The van der Waals surface area contributed by atoms with Crippen LogP contribution in [0.4, 0.5) is 0 Å². The normalized spacial score (nSPS) is 25.4. The van der Waals surface area contributed by atoms with Crippen LogP contribution in [0.2, 0.25) is 0 Å². The van der Waals surface area contributed by atoms with Crippen molar-refractivity contribution in [3.05, 3.63) is 69.5 Å². The summed E-state index contributed by atoms with van der Waals surface area (Å²) in [7, 11) is -15.6. The lowest BCUT2D eigenvalue weighted by Crippen LogP contribution is -2.38. The molecule has 21 heteroatoms. The molecule has 1 aromatic heterocycles. The lowest BCUT2D eigenvalue weighted by atomic mass is 10.1. The highest BCUT2D eigenvalue weighted by atomic mass is 32.2. The van der Waals surface area contributed by atoms with Crippen molar-refractivity contribution in [1.29, 1.82) is 0 Å². The largest absolute Gasteiger partial charge is 0.490 e. The zero-order valence-corrected chi connectivity index (χ0v) is 24.2. The highest BCUT2D eigenvalue weighted by Gasteiger charge is 2.47. The number of rotatable bonds is 11. The minimum Gasteiger partial charge on any atom is -0.387 e. The van der Waals surface area contributed by atoms with Gasteiger partial charge < -0.3 is 29.6 Å². The van der Waals surface area contributed by atoms with E-state index in [4.69, 9.17) is 9.63 Å². The monoisotopic (exact) mass is 656 g/mol. The van der Waals surface area contributed by atoms with Gasteiger partial charge in [-0.15, -0.1) is 0 Å². The van der Waals surface area contributed by atoms with Crippen LogP contribution in [-0.2, 0) is 36.1 Å². The van der Waals surface area contributed by atoms with E-state index in [1.165, 1.54) is 0 Å². The molecule has 224 valence electrons. The maximum atomic E-state index is 12.5. The molecule has 7 atom stereocenters. The predicted molar refractivity (Wildman–Crippen MR) is 140 cm³/mol. The van der Waals surface area contributed by atoms with Gasteiger partial charge in [0.15, 0.2) is 6.23 Å². The molecule has 41 heavy (non-hydrogen) atoms. The number of nitrogens with one attached hydrogen (secondary N) is 1. The molecule has 0 spiro atoms. The van der Waals surface area contributed by atoms with Gasteiger partial charge in [-0.05, 0) is 22.9 Å². The number of aromatic nitrogens is 2. The second kappa shape index (κ2) is 12.3. The Labute approximate surface area is 234 Å². The average Bonchev–Trinajstić information content (AvgIpc) is 3.16. The maximum Gasteiger partial charge on any atom is 0.490 e. The van der Waals surface area contributed by atoms with Crippen LogP contribution in [0.3, 0.4) is 0 Å². The minimum absolute atomic E-state index is 0.0362. The van der Waals surface area contributed by atoms with Crippen LogP contribution in [-0.4, -0.2) is 66.5 Å².